The third-order valence-electron chi connectivity index (χ3n) is 6.12. The predicted octanol–water partition coefficient (Wildman–Crippen LogP) is -7.55. The molecule has 32 heavy (non-hydrogen) atoms. The smallest absolute Gasteiger partial charge is 0.190 e. The average Bonchev–Trinajstić information content (AvgIpc) is 2.78. The molecule has 0 amide bonds. The Morgan fingerprint density at radius 3 is 1.91 bits per heavy atom. The number of aliphatic hydroxyl groups excluding tert-OH is 10. The summed E-state index contributed by atoms with van der Waals surface area (Å²) in [6.07, 6.45) is -23.9. The van der Waals surface area contributed by atoms with Crippen molar-refractivity contribution in [1.29, 1.82) is 0 Å². The van der Waals surface area contributed by atoms with Crippen molar-refractivity contribution < 1.29 is 75.1 Å². The molecule has 15 nitrogen and oxygen atoms in total. The summed E-state index contributed by atoms with van der Waals surface area (Å²) in [4.78, 5) is 0. The van der Waals surface area contributed by atoms with Crippen LogP contribution in [0.2, 0.25) is 0 Å². The number of aliphatic hydroxyl groups is 11. The van der Waals surface area contributed by atoms with Crippen LogP contribution in [0.5, 0.6) is 0 Å². The minimum Gasteiger partial charge on any atom is -0.394 e. The molecule has 3 aliphatic rings. The van der Waals surface area contributed by atoms with Gasteiger partial charge in [0.2, 0.25) is 0 Å². The zero-order chi connectivity index (χ0) is 24.0. The molecule has 0 aromatic rings. The first-order valence-electron chi connectivity index (χ1n) is 9.95. The fraction of sp³-hybridized carbons (Fsp3) is 1.00. The van der Waals surface area contributed by atoms with Crippen LogP contribution < -0.4 is 0 Å². The Hall–Kier alpha value is -0.600. The van der Waals surface area contributed by atoms with E-state index >= 15 is 0 Å². The molecular formula is C17H30O15. The first-order chi connectivity index (χ1) is 15.0. The lowest BCUT2D eigenvalue weighted by atomic mass is 9.74. The molecule has 14 atom stereocenters. The normalized spacial score (nSPS) is 55.0. The number of ether oxygens (including phenoxy) is 4. The van der Waals surface area contributed by atoms with Crippen LogP contribution >= 0.6 is 0 Å². The zero-order valence-corrected chi connectivity index (χ0v) is 16.7. The SMILES string of the molecule is OC[C@H]1O[C@@H]([C@]2(O)[C@H](O)[C@@H](CO)O[C@@H](O[C@H]3OC[C@@H](O)[C@H](O)[C@H]3O)[C@@H]2O)[C@H](O)[C@@H](O)[C@@H]1O. The van der Waals surface area contributed by atoms with Gasteiger partial charge in [0.15, 0.2) is 18.2 Å². The van der Waals surface area contributed by atoms with Gasteiger partial charge in [-0.15, -0.1) is 0 Å². The topological polar surface area (TPSA) is 259 Å². The molecule has 188 valence electrons. The highest BCUT2D eigenvalue weighted by Crippen LogP contribution is 2.40. The molecule has 3 rings (SSSR count). The number of hydrogen-bond acceptors (Lipinski definition) is 15. The molecule has 0 aliphatic carbocycles. The van der Waals surface area contributed by atoms with Crippen molar-refractivity contribution in [2.75, 3.05) is 19.8 Å². The summed E-state index contributed by atoms with van der Waals surface area (Å²) in [5.74, 6) is 0. The lowest BCUT2D eigenvalue weighted by Gasteiger charge is -2.54. The molecule has 3 heterocycles. The van der Waals surface area contributed by atoms with E-state index in [1.165, 1.54) is 0 Å². The van der Waals surface area contributed by atoms with Crippen molar-refractivity contribution in [3.05, 3.63) is 0 Å². The molecule has 0 bridgehead atoms. The van der Waals surface area contributed by atoms with Gasteiger partial charge in [-0.05, 0) is 0 Å². The Balaban J connectivity index is 1.88. The fourth-order valence-electron chi connectivity index (χ4n) is 4.11. The molecule has 15 heteroatoms. The van der Waals surface area contributed by atoms with E-state index in [1.807, 2.05) is 0 Å². The third kappa shape index (κ3) is 4.28. The van der Waals surface area contributed by atoms with Crippen molar-refractivity contribution in [3.63, 3.8) is 0 Å². The van der Waals surface area contributed by atoms with Crippen LogP contribution in [0.25, 0.3) is 0 Å². The van der Waals surface area contributed by atoms with Gasteiger partial charge in [-0.1, -0.05) is 0 Å². The summed E-state index contributed by atoms with van der Waals surface area (Å²) in [6.45, 7) is -2.25. The monoisotopic (exact) mass is 474 g/mol. The highest BCUT2D eigenvalue weighted by atomic mass is 16.8. The second-order valence-corrected chi connectivity index (χ2v) is 8.14. The first-order valence-corrected chi connectivity index (χ1v) is 9.95. The maximum atomic E-state index is 11.3. The number of hydrogen-bond donors (Lipinski definition) is 11. The van der Waals surface area contributed by atoms with Gasteiger partial charge >= 0.3 is 0 Å². The zero-order valence-electron chi connectivity index (χ0n) is 16.7. The van der Waals surface area contributed by atoms with Gasteiger partial charge in [-0.2, -0.15) is 0 Å². The summed E-state index contributed by atoms with van der Waals surface area (Å²) in [7, 11) is 0. The maximum Gasteiger partial charge on any atom is 0.190 e. The Labute approximate surface area is 181 Å². The van der Waals surface area contributed by atoms with E-state index in [9.17, 15) is 56.2 Å². The van der Waals surface area contributed by atoms with Crippen LogP contribution in [0.15, 0.2) is 0 Å². The average molecular weight is 474 g/mol. The molecule has 3 saturated heterocycles. The Bertz CT molecular complexity index is 623. The lowest BCUT2D eigenvalue weighted by Crippen LogP contribution is -2.77. The second kappa shape index (κ2) is 9.95. The standard InChI is InChI=1S/C17H30O15/c18-1-5-8(22)9(23)10(24)14(30-5)17(28)12(26)6(2-19)31-16(13(17)27)32-15-11(25)7(21)4(20)3-29-15/h4-16,18-28H,1-3H2/t4-,5-,6-,7+,8-,9+,10-,11-,12-,13+,14-,15-,16+,17+/m1/s1. The van der Waals surface area contributed by atoms with E-state index in [4.69, 9.17) is 18.9 Å². The summed E-state index contributed by atoms with van der Waals surface area (Å²) in [6, 6.07) is 0. The van der Waals surface area contributed by atoms with Crippen LogP contribution in [0.1, 0.15) is 0 Å². The van der Waals surface area contributed by atoms with Crippen LogP contribution in [-0.2, 0) is 18.9 Å². The van der Waals surface area contributed by atoms with Crippen LogP contribution in [0, 0.1) is 0 Å². The van der Waals surface area contributed by atoms with E-state index in [0.29, 0.717) is 0 Å². The highest BCUT2D eigenvalue weighted by Gasteiger charge is 2.65. The van der Waals surface area contributed by atoms with Crippen LogP contribution in [0.3, 0.4) is 0 Å². The lowest BCUT2D eigenvalue weighted by molar-refractivity contribution is -0.401. The van der Waals surface area contributed by atoms with Crippen molar-refractivity contribution in [1.82, 2.24) is 0 Å². The molecule has 11 N–H and O–H groups in total. The Morgan fingerprint density at radius 2 is 1.31 bits per heavy atom. The van der Waals surface area contributed by atoms with Crippen molar-refractivity contribution in [3.8, 4) is 0 Å². The summed E-state index contributed by atoms with van der Waals surface area (Å²) in [5.41, 5.74) is -2.90. The molecule has 3 aliphatic heterocycles. The molecule has 0 unspecified atom stereocenters. The molecule has 0 aromatic carbocycles. The minimum absolute atomic E-state index is 0.464. The Morgan fingerprint density at radius 1 is 0.688 bits per heavy atom. The second-order valence-electron chi connectivity index (χ2n) is 8.14. The third-order valence-corrected chi connectivity index (χ3v) is 6.12. The first kappa shape index (κ1) is 26.0. The van der Waals surface area contributed by atoms with Gasteiger partial charge in [0.05, 0.1) is 19.8 Å². The van der Waals surface area contributed by atoms with Gasteiger partial charge in [-0.3, -0.25) is 0 Å². The van der Waals surface area contributed by atoms with Gasteiger partial charge < -0.3 is 75.1 Å². The van der Waals surface area contributed by atoms with Gasteiger partial charge in [0, 0.05) is 0 Å². The molecule has 0 aromatic heterocycles. The molecule has 0 saturated carbocycles. The van der Waals surface area contributed by atoms with Crippen molar-refractivity contribution in [2.24, 2.45) is 0 Å². The predicted molar refractivity (Wildman–Crippen MR) is 95.3 cm³/mol. The van der Waals surface area contributed by atoms with E-state index < -0.39 is 105 Å². The Kier molecular flexibility index (Phi) is 8.08. The molecule has 0 radical (unpaired) electrons. The summed E-state index contributed by atoms with van der Waals surface area (Å²) >= 11 is 0. The maximum absolute atomic E-state index is 11.3. The van der Waals surface area contributed by atoms with Crippen LogP contribution in [-0.4, -0.2) is 161 Å². The highest BCUT2D eigenvalue weighted by molar-refractivity contribution is 5.12. The van der Waals surface area contributed by atoms with Crippen LogP contribution in [0.4, 0.5) is 0 Å². The van der Waals surface area contributed by atoms with E-state index in [-0.39, 0.29) is 0 Å². The van der Waals surface area contributed by atoms with Crippen molar-refractivity contribution >= 4 is 0 Å². The van der Waals surface area contributed by atoms with Gasteiger partial charge in [0.1, 0.15) is 67.1 Å². The minimum atomic E-state index is -2.90. The summed E-state index contributed by atoms with van der Waals surface area (Å²) < 4.78 is 20.8. The van der Waals surface area contributed by atoms with Gasteiger partial charge in [-0.25, -0.2) is 0 Å². The quantitative estimate of drug-likeness (QED) is 0.177. The summed E-state index contributed by atoms with van der Waals surface area (Å²) in [5, 5.41) is 111. The molecular weight excluding hydrogens is 444 g/mol. The van der Waals surface area contributed by atoms with Gasteiger partial charge in [0.25, 0.3) is 0 Å². The van der Waals surface area contributed by atoms with E-state index in [1.54, 1.807) is 0 Å². The van der Waals surface area contributed by atoms with E-state index in [0.717, 1.165) is 0 Å². The number of rotatable bonds is 5. The fourth-order valence-corrected chi connectivity index (χ4v) is 4.11. The van der Waals surface area contributed by atoms with Crippen molar-refractivity contribution in [2.45, 2.75) is 85.3 Å². The molecule has 0 spiro atoms. The van der Waals surface area contributed by atoms with E-state index in [2.05, 4.69) is 0 Å². The largest absolute Gasteiger partial charge is 0.394 e. The molecule has 3 fully saturated rings.